The van der Waals surface area contributed by atoms with Gasteiger partial charge in [0.25, 0.3) is 0 Å². The van der Waals surface area contributed by atoms with Crippen molar-refractivity contribution in [2.75, 3.05) is 13.7 Å². The summed E-state index contributed by atoms with van der Waals surface area (Å²) in [5.74, 6) is -0.693. The van der Waals surface area contributed by atoms with E-state index < -0.39 is 21.4 Å². The first-order chi connectivity index (χ1) is 9.42. The Kier molecular flexibility index (Phi) is 5.98. The van der Waals surface area contributed by atoms with Crippen molar-refractivity contribution in [2.45, 2.75) is 36.1 Å². The molecule has 0 unspecified atom stereocenters. The minimum atomic E-state index is -3.79. The van der Waals surface area contributed by atoms with E-state index in [1.165, 1.54) is 19.2 Å². The summed E-state index contributed by atoms with van der Waals surface area (Å²) in [5.41, 5.74) is 5.11. The molecule has 21 heavy (non-hydrogen) atoms. The zero-order chi connectivity index (χ0) is 14.8. The van der Waals surface area contributed by atoms with Crippen LogP contribution in [0.1, 0.15) is 25.7 Å². The monoisotopic (exact) mass is 338 g/mol. The molecule has 3 N–H and O–H groups in total. The predicted octanol–water partition coefficient (Wildman–Crippen LogP) is 1.81. The van der Waals surface area contributed by atoms with Gasteiger partial charge in [-0.25, -0.2) is 17.5 Å². The second-order valence-electron chi connectivity index (χ2n) is 5.09. The van der Waals surface area contributed by atoms with E-state index in [9.17, 15) is 12.8 Å². The van der Waals surface area contributed by atoms with Crippen LogP contribution in [0.4, 0.5) is 4.39 Å². The summed E-state index contributed by atoms with van der Waals surface area (Å²) in [6.07, 6.45) is 3.30. The topological polar surface area (TPSA) is 81.4 Å². The third-order valence-corrected chi connectivity index (χ3v) is 5.31. The van der Waals surface area contributed by atoms with Crippen molar-refractivity contribution in [2.24, 2.45) is 5.73 Å². The summed E-state index contributed by atoms with van der Waals surface area (Å²) in [6, 6.07) is 3.58. The molecule has 120 valence electrons. The molecule has 0 atom stereocenters. The van der Waals surface area contributed by atoms with Crippen molar-refractivity contribution in [3.05, 3.63) is 24.0 Å². The second kappa shape index (κ2) is 6.91. The highest BCUT2D eigenvalue weighted by Crippen LogP contribution is 2.31. The molecular formula is C13H20ClFN2O3S. The summed E-state index contributed by atoms with van der Waals surface area (Å²) < 4.78 is 45.7. The standard InChI is InChI=1S/C13H19FN2O3S.ClH/c1-19-12-5-4-10(8-11(12)14)20(17,18)16-13(9-15)6-2-3-7-13;/h4-5,8,16H,2-3,6-7,9,15H2,1H3;1H. The molecule has 0 radical (unpaired) electrons. The Morgan fingerprint density at radius 3 is 2.48 bits per heavy atom. The third kappa shape index (κ3) is 3.85. The first-order valence-electron chi connectivity index (χ1n) is 6.50. The van der Waals surface area contributed by atoms with Crippen LogP contribution in [0.25, 0.3) is 0 Å². The fraction of sp³-hybridized carbons (Fsp3) is 0.538. The van der Waals surface area contributed by atoms with Crippen molar-refractivity contribution in [1.29, 1.82) is 0 Å². The maximum Gasteiger partial charge on any atom is 0.241 e. The molecule has 0 saturated heterocycles. The number of nitrogens with two attached hydrogens (primary N) is 1. The summed E-state index contributed by atoms with van der Waals surface area (Å²) in [4.78, 5) is -0.115. The predicted molar refractivity (Wildman–Crippen MR) is 80.8 cm³/mol. The van der Waals surface area contributed by atoms with Gasteiger partial charge in [-0.15, -0.1) is 12.4 Å². The number of hydrogen-bond acceptors (Lipinski definition) is 4. The average Bonchev–Trinajstić information content (AvgIpc) is 2.87. The molecule has 8 heteroatoms. The van der Waals surface area contributed by atoms with Crippen LogP contribution in [-0.2, 0) is 10.0 Å². The first kappa shape index (κ1) is 18.2. The Balaban J connectivity index is 0.00000220. The van der Waals surface area contributed by atoms with Crippen molar-refractivity contribution in [3.8, 4) is 5.75 Å². The smallest absolute Gasteiger partial charge is 0.241 e. The number of nitrogens with one attached hydrogen (secondary N) is 1. The largest absolute Gasteiger partial charge is 0.494 e. The highest BCUT2D eigenvalue weighted by molar-refractivity contribution is 7.89. The van der Waals surface area contributed by atoms with E-state index in [0.29, 0.717) is 12.8 Å². The fourth-order valence-corrected chi connectivity index (χ4v) is 4.04. The van der Waals surface area contributed by atoms with Crippen LogP contribution in [0.3, 0.4) is 0 Å². The Hall–Kier alpha value is -0.890. The van der Waals surface area contributed by atoms with E-state index in [0.717, 1.165) is 18.9 Å². The minimum absolute atomic E-state index is 0. The molecule has 0 aromatic heterocycles. The molecule has 0 aliphatic heterocycles. The quantitative estimate of drug-likeness (QED) is 0.857. The van der Waals surface area contributed by atoms with Crippen molar-refractivity contribution < 1.29 is 17.5 Å². The van der Waals surface area contributed by atoms with Gasteiger partial charge in [0, 0.05) is 12.1 Å². The molecule has 0 amide bonds. The minimum Gasteiger partial charge on any atom is -0.494 e. The molecule has 1 fully saturated rings. The van der Waals surface area contributed by atoms with Crippen LogP contribution in [0, 0.1) is 5.82 Å². The lowest BCUT2D eigenvalue weighted by atomic mass is 10.0. The van der Waals surface area contributed by atoms with Crippen LogP contribution >= 0.6 is 12.4 Å². The van der Waals surface area contributed by atoms with Crippen molar-refractivity contribution >= 4 is 22.4 Å². The van der Waals surface area contributed by atoms with E-state index in [-0.39, 0.29) is 29.6 Å². The van der Waals surface area contributed by atoms with E-state index in [1.807, 2.05) is 0 Å². The van der Waals surface area contributed by atoms with Crippen LogP contribution < -0.4 is 15.2 Å². The van der Waals surface area contributed by atoms with Crippen molar-refractivity contribution in [3.63, 3.8) is 0 Å². The van der Waals surface area contributed by atoms with Gasteiger partial charge < -0.3 is 10.5 Å². The van der Waals surface area contributed by atoms with Gasteiger partial charge in [-0.05, 0) is 31.0 Å². The number of hydrogen-bond donors (Lipinski definition) is 2. The molecule has 1 saturated carbocycles. The third-order valence-electron chi connectivity index (χ3n) is 3.74. The summed E-state index contributed by atoms with van der Waals surface area (Å²) in [6.45, 7) is 0.241. The van der Waals surface area contributed by atoms with E-state index in [4.69, 9.17) is 10.5 Å². The van der Waals surface area contributed by atoms with Gasteiger partial charge in [-0.2, -0.15) is 0 Å². The number of rotatable bonds is 5. The maximum absolute atomic E-state index is 13.6. The molecule has 0 spiro atoms. The number of ether oxygens (including phenoxy) is 1. The van der Waals surface area contributed by atoms with Gasteiger partial charge in [0.15, 0.2) is 11.6 Å². The molecule has 0 bridgehead atoms. The Morgan fingerprint density at radius 2 is 2.00 bits per heavy atom. The maximum atomic E-state index is 13.6. The van der Waals surface area contributed by atoms with E-state index >= 15 is 0 Å². The average molecular weight is 339 g/mol. The number of halogens is 2. The van der Waals surface area contributed by atoms with E-state index in [1.54, 1.807) is 0 Å². The SMILES string of the molecule is COc1ccc(S(=O)(=O)NC2(CN)CCCC2)cc1F.Cl. The van der Waals surface area contributed by atoms with E-state index in [2.05, 4.69) is 4.72 Å². The van der Waals surface area contributed by atoms with Gasteiger partial charge in [-0.3, -0.25) is 0 Å². The van der Waals surface area contributed by atoms with Crippen LogP contribution in [0.5, 0.6) is 5.75 Å². The van der Waals surface area contributed by atoms with Gasteiger partial charge >= 0.3 is 0 Å². The van der Waals surface area contributed by atoms with Gasteiger partial charge in [0.05, 0.1) is 12.0 Å². The second-order valence-corrected chi connectivity index (χ2v) is 6.78. The molecule has 0 heterocycles. The molecule has 5 nitrogen and oxygen atoms in total. The lowest BCUT2D eigenvalue weighted by Gasteiger charge is -2.28. The Bertz CT molecular complexity index is 589. The molecule has 1 aliphatic carbocycles. The van der Waals surface area contributed by atoms with Gasteiger partial charge in [0.1, 0.15) is 0 Å². The lowest BCUT2D eigenvalue weighted by molar-refractivity contribution is 0.384. The molecular weight excluding hydrogens is 319 g/mol. The highest BCUT2D eigenvalue weighted by atomic mass is 35.5. The number of sulfonamides is 1. The summed E-state index contributed by atoms with van der Waals surface area (Å²) in [5, 5.41) is 0. The van der Waals surface area contributed by atoms with Gasteiger partial charge in [-0.1, -0.05) is 12.8 Å². The zero-order valence-corrected chi connectivity index (χ0v) is 13.4. The van der Waals surface area contributed by atoms with Crippen LogP contribution in [-0.4, -0.2) is 27.6 Å². The first-order valence-corrected chi connectivity index (χ1v) is 7.98. The van der Waals surface area contributed by atoms with Crippen LogP contribution in [0.15, 0.2) is 23.1 Å². The highest BCUT2D eigenvalue weighted by Gasteiger charge is 2.36. The summed E-state index contributed by atoms with van der Waals surface area (Å²) in [7, 11) is -2.46. The fourth-order valence-electron chi connectivity index (χ4n) is 2.56. The number of methoxy groups -OCH3 is 1. The summed E-state index contributed by atoms with van der Waals surface area (Å²) >= 11 is 0. The lowest BCUT2D eigenvalue weighted by Crippen LogP contribution is -2.51. The Morgan fingerprint density at radius 1 is 1.38 bits per heavy atom. The van der Waals surface area contributed by atoms with Gasteiger partial charge in [0.2, 0.25) is 10.0 Å². The zero-order valence-electron chi connectivity index (χ0n) is 11.8. The normalized spacial score (nSPS) is 17.3. The molecule has 1 aromatic carbocycles. The Labute approximate surface area is 130 Å². The number of benzene rings is 1. The van der Waals surface area contributed by atoms with Crippen LogP contribution in [0.2, 0.25) is 0 Å². The molecule has 2 rings (SSSR count). The molecule has 1 aromatic rings. The van der Waals surface area contributed by atoms with Crippen molar-refractivity contribution in [1.82, 2.24) is 4.72 Å². The molecule has 1 aliphatic rings.